The smallest absolute Gasteiger partial charge is 0.231 e. The molecule has 1 aromatic heterocycles. The molecule has 0 atom stereocenters. The Morgan fingerprint density at radius 3 is 2.90 bits per heavy atom. The Bertz CT molecular complexity index is 646. The van der Waals surface area contributed by atoms with Gasteiger partial charge in [0.1, 0.15) is 5.69 Å². The Balaban J connectivity index is 2.05. The average Bonchev–Trinajstić information content (AvgIpc) is 3.00. The summed E-state index contributed by atoms with van der Waals surface area (Å²) in [5.74, 6) is 2.68. The molecule has 0 saturated carbocycles. The van der Waals surface area contributed by atoms with Gasteiger partial charge in [0.2, 0.25) is 12.5 Å². The van der Waals surface area contributed by atoms with Crippen LogP contribution in [0.3, 0.4) is 0 Å². The predicted octanol–water partition coefficient (Wildman–Crippen LogP) is 2.70. The monoisotopic (exact) mass is 287 g/mol. The van der Waals surface area contributed by atoms with Gasteiger partial charge in [0, 0.05) is 24.5 Å². The molecule has 0 fully saturated rings. The van der Waals surface area contributed by atoms with Gasteiger partial charge in [-0.1, -0.05) is 6.92 Å². The quantitative estimate of drug-likeness (QED) is 0.912. The lowest BCUT2D eigenvalue weighted by atomic mass is 10.1. The lowest BCUT2D eigenvalue weighted by Crippen LogP contribution is -2.04. The van der Waals surface area contributed by atoms with Crippen molar-refractivity contribution >= 4 is 5.82 Å². The van der Waals surface area contributed by atoms with Crippen molar-refractivity contribution in [3.63, 3.8) is 0 Å². The first-order valence-corrected chi connectivity index (χ1v) is 6.86. The molecule has 21 heavy (non-hydrogen) atoms. The molecule has 2 aromatic rings. The molecule has 6 nitrogen and oxygen atoms in total. The van der Waals surface area contributed by atoms with Crippen LogP contribution >= 0.6 is 0 Å². The highest BCUT2D eigenvalue weighted by molar-refractivity contribution is 5.76. The molecule has 1 N–H and O–H groups in total. The predicted molar refractivity (Wildman–Crippen MR) is 78.9 cm³/mol. The summed E-state index contributed by atoms with van der Waals surface area (Å²) in [6.07, 6.45) is 4.36. The van der Waals surface area contributed by atoms with Crippen LogP contribution in [-0.4, -0.2) is 30.4 Å². The maximum atomic E-state index is 5.45. The normalized spacial score (nSPS) is 12.3. The molecule has 0 bridgehead atoms. The fourth-order valence-corrected chi connectivity index (χ4v) is 2.19. The third-order valence-electron chi connectivity index (χ3n) is 3.17. The number of rotatable bonds is 5. The van der Waals surface area contributed by atoms with E-state index in [9.17, 15) is 0 Å². The van der Waals surface area contributed by atoms with Crippen molar-refractivity contribution in [1.29, 1.82) is 0 Å². The minimum Gasteiger partial charge on any atom is -0.493 e. The van der Waals surface area contributed by atoms with E-state index in [1.807, 2.05) is 12.1 Å². The number of aromatic nitrogens is 2. The Hall–Kier alpha value is -2.50. The van der Waals surface area contributed by atoms with E-state index < -0.39 is 0 Å². The van der Waals surface area contributed by atoms with Gasteiger partial charge in [0.25, 0.3) is 0 Å². The molecule has 3 rings (SSSR count). The second kappa shape index (κ2) is 5.87. The van der Waals surface area contributed by atoms with Crippen LogP contribution in [-0.2, 0) is 0 Å². The third kappa shape index (κ3) is 2.56. The summed E-state index contributed by atoms with van der Waals surface area (Å²) in [5, 5.41) is 3.28. The van der Waals surface area contributed by atoms with Gasteiger partial charge in [-0.2, -0.15) is 0 Å². The largest absolute Gasteiger partial charge is 0.493 e. The molecule has 6 heteroatoms. The summed E-state index contributed by atoms with van der Waals surface area (Å²) in [4.78, 5) is 8.78. The van der Waals surface area contributed by atoms with Crippen molar-refractivity contribution < 1.29 is 14.2 Å². The molecular weight excluding hydrogens is 270 g/mol. The van der Waals surface area contributed by atoms with Crippen LogP contribution < -0.4 is 19.5 Å². The molecule has 0 saturated heterocycles. The molecule has 2 heterocycles. The zero-order valence-electron chi connectivity index (χ0n) is 12.0. The van der Waals surface area contributed by atoms with Gasteiger partial charge in [0.05, 0.1) is 7.11 Å². The molecule has 1 aliphatic heterocycles. The van der Waals surface area contributed by atoms with Crippen molar-refractivity contribution in [2.45, 2.75) is 13.3 Å². The van der Waals surface area contributed by atoms with Gasteiger partial charge in [-0.05, 0) is 18.6 Å². The highest BCUT2D eigenvalue weighted by Gasteiger charge is 2.22. The van der Waals surface area contributed by atoms with Crippen LogP contribution in [0.4, 0.5) is 5.82 Å². The Morgan fingerprint density at radius 2 is 2.10 bits per heavy atom. The SMILES string of the molecule is CCCNc1nccnc1-c1cc(OC)c2c(c1)OCO2. The van der Waals surface area contributed by atoms with Crippen LogP contribution in [0.2, 0.25) is 0 Å². The van der Waals surface area contributed by atoms with E-state index in [0.717, 1.165) is 30.0 Å². The van der Waals surface area contributed by atoms with Crippen molar-refractivity contribution in [1.82, 2.24) is 9.97 Å². The number of methoxy groups -OCH3 is 1. The van der Waals surface area contributed by atoms with E-state index in [-0.39, 0.29) is 6.79 Å². The lowest BCUT2D eigenvalue weighted by Gasteiger charge is -2.11. The van der Waals surface area contributed by atoms with Gasteiger partial charge in [-0.3, -0.25) is 4.98 Å². The van der Waals surface area contributed by atoms with Crippen molar-refractivity contribution in [3.05, 3.63) is 24.5 Å². The second-order valence-electron chi connectivity index (χ2n) is 4.59. The van der Waals surface area contributed by atoms with E-state index >= 15 is 0 Å². The fraction of sp³-hybridized carbons (Fsp3) is 0.333. The standard InChI is InChI=1S/C15H17N3O3/c1-3-4-17-15-13(16-5-6-18-15)10-7-11(19-2)14-12(8-10)20-9-21-14/h5-8H,3-4,9H2,1-2H3,(H,17,18). The second-order valence-corrected chi connectivity index (χ2v) is 4.59. The number of fused-ring (bicyclic) bond motifs is 1. The minimum absolute atomic E-state index is 0.205. The first kappa shape index (κ1) is 13.5. The number of nitrogens with one attached hydrogen (secondary N) is 1. The number of hydrogen-bond donors (Lipinski definition) is 1. The molecule has 0 radical (unpaired) electrons. The van der Waals surface area contributed by atoms with E-state index in [4.69, 9.17) is 14.2 Å². The minimum atomic E-state index is 0.205. The summed E-state index contributed by atoms with van der Waals surface area (Å²) >= 11 is 0. The summed E-state index contributed by atoms with van der Waals surface area (Å²) < 4.78 is 16.2. The van der Waals surface area contributed by atoms with Gasteiger partial charge < -0.3 is 19.5 Å². The van der Waals surface area contributed by atoms with Crippen molar-refractivity contribution in [2.24, 2.45) is 0 Å². The highest BCUT2D eigenvalue weighted by atomic mass is 16.7. The number of anilines is 1. The molecule has 1 aromatic carbocycles. The van der Waals surface area contributed by atoms with Crippen molar-refractivity contribution in [2.75, 3.05) is 25.8 Å². The molecule has 1 aliphatic rings. The summed E-state index contributed by atoms with van der Waals surface area (Å²) in [5.41, 5.74) is 1.64. The third-order valence-corrected chi connectivity index (χ3v) is 3.17. The van der Waals surface area contributed by atoms with Crippen LogP contribution in [0.25, 0.3) is 11.3 Å². The number of hydrogen-bond acceptors (Lipinski definition) is 6. The Morgan fingerprint density at radius 1 is 1.24 bits per heavy atom. The van der Waals surface area contributed by atoms with E-state index in [2.05, 4.69) is 22.2 Å². The zero-order chi connectivity index (χ0) is 14.7. The average molecular weight is 287 g/mol. The van der Waals surface area contributed by atoms with E-state index in [1.165, 1.54) is 0 Å². The van der Waals surface area contributed by atoms with Crippen molar-refractivity contribution in [3.8, 4) is 28.5 Å². The van der Waals surface area contributed by atoms with E-state index in [1.54, 1.807) is 19.5 Å². The van der Waals surface area contributed by atoms with E-state index in [0.29, 0.717) is 17.2 Å². The highest BCUT2D eigenvalue weighted by Crippen LogP contribution is 2.44. The van der Waals surface area contributed by atoms with Crippen LogP contribution in [0.15, 0.2) is 24.5 Å². The maximum absolute atomic E-state index is 5.45. The number of ether oxygens (including phenoxy) is 3. The van der Waals surface area contributed by atoms with Gasteiger partial charge in [-0.25, -0.2) is 4.98 Å². The molecule has 0 aliphatic carbocycles. The van der Waals surface area contributed by atoms with Crippen LogP contribution in [0, 0.1) is 0 Å². The molecular formula is C15H17N3O3. The first-order chi connectivity index (χ1) is 10.3. The van der Waals surface area contributed by atoms with Crippen LogP contribution in [0.1, 0.15) is 13.3 Å². The summed E-state index contributed by atoms with van der Waals surface area (Å²) in [6.45, 7) is 3.15. The topological polar surface area (TPSA) is 65.5 Å². The fourth-order valence-electron chi connectivity index (χ4n) is 2.19. The summed E-state index contributed by atoms with van der Waals surface area (Å²) in [6, 6.07) is 3.78. The lowest BCUT2D eigenvalue weighted by molar-refractivity contribution is 0.171. The molecule has 0 unspecified atom stereocenters. The number of nitrogens with zero attached hydrogens (tertiary/aromatic N) is 2. The molecule has 110 valence electrons. The summed E-state index contributed by atoms with van der Waals surface area (Å²) in [7, 11) is 1.61. The van der Waals surface area contributed by atoms with Gasteiger partial charge >= 0.3 is 0 Å². The van der Waals surface area contributed by atoms with Gasteiger partial charge in [0.15, 0.2) is 17.3 Å². The van der Waals surface area contributed by atoms with Crippen LogP contribution in [0.5, 0.6) is 17.2 Å². The Labute approximate surface area is 123 Å². The number of benzene rings is 1. The molecule has 0 spiro atoms. The zero-order valence-corrected chi connectivity index (χ0v) is 12.0. The molecule has 0 amide bonds. The first-order valence-electron chi connectivity index (χ1n) is 6.86. The Kier molecular flexibility index (Phi) is 3.77. The maximum Gasteiger partial charge on any atom is 0.231 e. The van der Waals surface area contributed by atoms with Gasteiger partial charge in [-0.15, -0.1) is 0 Å².